The Kier molecular flexibility index (Phi) is 5.99. The molecule has 0 radical (unpaired) electrons. The van der Waals surface area contributed by atoms with Crippen molar-refractivity contribution in [2.75, 3.05) is 26.2 Å². The van der Waals surface area contributed by atoms with E-state index in [1.54, 1.807) is 0 Å². The minimum Gasteiger partial charge on any atom is -0.316 e. The van der Waals surface area contributed by atoms with E-state index in [1.807, 2.05) is 12.3 Å². The zero-order valence-corrected chi connectivity index (χ0v) is 13.2. The lowest BCUT2D eigenvalue weighted by molar-refractivity contribution is 0.173. The van der Waals surface area contributed by atoms with Crippen LogP contribution >= 0.6 is 0 Å². The van der Waals surface area contributed by atoms with Crippen molar-refractivity contribution < 1.29 is 0 Å². The van der Waals surface area contributed by atoms with Gasteiger partial charge in [-0.25, -0.2) is 0 Å². The van der Waals surface area contributed by atoms with Gasteiger partial charge >= 0.3 is 0 Å². The van der Waals surface area contributed by atoms with Crippen LogP contribution < -0.4 is 5.32 Å². The van der Waals surface area contributed by atoms with Gasteiger partial charge in [-0.2, -0.15) is 0 Å². The number of rotatable bonds is 6. The van der Waals surface area contributed by atoms with Gasteiger partial charge in [0.15, 0.2) is 0 Å². The minimum absolute atomic E-state index is 0.752. The van der Waals surface area contributed by atoms with E-state index in [1.165, 1.54) is 43.7 Å². The van der Waals surface area contributed by atoms with Gasteiger partial charge < -0.3 is 5.32 Å². The molecule has 2 heterocycles. The average molecular weight is 275 g/mol. The van der Waals surface area contributed by atoms with E-state index in [9.17, 15) is 0 Å². The number of nitrogens with zero attached hydrogens (tertiary/aromatic N) is 2. The van der Waals surface area contributed by atoms with E-state index in [-0.39, 0.29) is 0 Å². The lowest BCUT2D eigenvalue weighted by Gasteiger charge is -2.32. The topological polar surface area (TPSA) is 28.2 Å². The molecule has 2 rings (SSSR count). The molecule has 1 aromatic heterocycles. The summed E-state index contributed by atoms with van der Waals surface area (Å²) in [6.07, 6.45) is 4.54. The first-order valence-electron chi connectivity index (χ1n) is 7.98. The molecule has 0 unspecified atom stereocenters. The summed E-state index contributed by atoms with van der Waals surface area (Å²) in [5.41, 5.74) is 2.55. The Bertz CT molecular complexity index is 395. The predicted molar refractivity (Wildman–Crippen MR) is 84.7 cm³/mol. The maximum atomic E-state index is 4.51. The van der Waals surface area contributed by atoms with Crippen LogP contribution in [0.3, 0.4) is 0 Å². The summed E-state index contributed by atoms with van der Waals surface area (Å²) in [6, 6.07) is 4.18. The van der Waals surface area contributed by atoms with Crippen LogP contribution in [0.5, 0.6) is 0 Å². The van der Waals surface area contributed by atoms with Gasteiger partial charge in [0.2, 0.25) is 0 Å². The van der Waals surface area contributed by atoms with Crippen molar-refractivity contribution in [1.29, 1.82) is 0 Å². The zero-order chi connectivity index (χ0) is 14.4. The van der Waals surface area contributed by atoms with Crippen molar-refractivity contribution in [2.24, 2.45) is 11.8 Å². The Morgan fingerprint density at radius 3 is 2.75 bits per heavy atom. The molecule has 1 N–H and O–H groups in total. The van der Waals surface area contributed by atoms with Crippen LogP contribution in [0, 0.1) is 18.8 Å². The maximum absolute atomic E-state index is 4.51. The lowest BCUT2D eigenvalue weighted by Crippen LogP contribution is -2.37. The fraction of sp³-hybridized carbons (Fsp3) is 0.706. The Balaban J connectivity index is 1.70. The summed E-state index contributed by atoms with van der Waals surface area (Å²) in [5, 5.41) is 3.60. The molecule has 1 aromatic rings. The lowest BCUT2D eigenvalue weighted by atomic mass is 9.96. The molecule has 112 valence electrons. The van der Waals surface area contributed by atoms with Crippen LogP contribution in [0.4, 0.5) is 0 Å². The standard InChI is InChI=1S/C17H29N3/c1-14(2)11-18-12-16-6-9-20(10-7-16)13-17-15(3)5-4-8-19-17/h4-5,8,14,16,18H,6-7,9-13H2,1-3H3. The van der Waals surface area contributed by atoms with Gasteiger partial charge in [-0.05, 0) is 69.4 Å². The van der Waals surface area contributed by atoms with E-state index in [2.05, 4.69) is 42.0 Å². The van der Waals surface area contributed by atoms with Crippen LogP contribution in [-0.4, -0.2) is 36.1 Å². The van der Waals surface area contributed by atoms with Gasteiger partial charge in [-0.3, -0.25) is 9.88 Å². The molecule has 0 aliphatic carbocycles. The summed E-state index contributed by atoms with van der Waals surface area (Å²) in [5.74, 6) is 1.61. The summed E-state index contributed by atoms with van der Waals surface area (Å²) in [4.78, 5) is 7.06. The summed E-state index contributed by atoms with van der Waals surface area (Å²) in [7, 11) is 0. The summed E-state index contributed by atoms with van der Waals surface area (Å²) >= 11 is 0. The minimum atomic E-state index is 0.752. The number of nitrogens with one attached hydrogen (secondary N) is 1. The zero-order valence-electron chi connectivity index (χ0n) is 13.2. The third-order valence-electron chi connectivity index (χ3n) is 4.18. The molecule has 0 aromatic carbocycles. The van der Waals surface area contributed by atoms with Crippen LogP contribution in [0.2, 0.25) is 0 Å². The molecule has 1 fully saturated rings. The van der Waals surface area contributed by atoms with Crippen molar-refractivity contribution in [2.45, 2.75) is 40.2 Å². The van der Waals surface area contributed by atoms with Crippen molar-refractivity contribution in [3.05, 3.63) is 29.6 Å². The smallest absolute Gasteiger partial charge is 0.0573 e. The molecule has 20 heavy (non-hydrogen) atoms. The van der Waals surface area contributed by atoms with E-state index in [0.29, 0.717) is 0 Å². The van der Waals surface area contributed by atoms with Gasteiger partial charge in [-0.1, -0.05) is 19.9 Å². The fourth-order valence-electron chi connectivity index (χ4n) is 2.82. The van der Waals surface area contributed by atoms with Crippen LogP contribution in [0.15, 0.2) is 18.3 Å². The quantitative estimate of drug-likeness (QED) is 0.865. The van der Waals surface area contributed by atoms with Gasteiger partial charge in [0.1, 0.15) is 0 Å². The Labute approximate surface area is 123 Å². The number of aryl methyl sites for hydroxylation is 1. The molecule has 1 saturated heterocycles. The normalized spacial score (nSPS) is 17.8. The van der Waals surface area contributed by atoms with Crippen molar-refractivity contribution in [1.82, 2.24) is 15.2 Å². The van der Waals surface area contributed by atoms with E-state index in [0.717, 1.165) is 24.9 Å². The van der Waals surface area contributed by atoms with Crippen LogP contribution in [-0.2, 0) is 6.54 Å². The summed E-state index contributed by atoms with van der Waals surface area (Å²) in [6.45, 7) is 12.5. The molecule has 0 bridgehead atoms. The molecule has 0 amide bonds. The first-order valence-corrected chi connectivity index (χ1v) is 7.98. The molecule has 0 atom stereocenters. The molecule has 0 saturated carbocycles. The highest BCUT2D eigenvalue weighted by molar-refractivity contribution is 5.17. The number of likely N-dealkylation sites (tertiary alicyclic amines) is 1. The third kappa shape index (κ3) is 4.88. The second-order valence-corrected chi connectivity index (χ2v) is 6.54. The highest BCUT2D eigenvalue weighted by Crippen LogP contribution is 2.18. The SMILES string of the molecule is Cc1cccnc1CN1CCC(CNCC(C)C)CC1. The Morgan fingerprint density at radius 2 is 2.10 bits per heavy atom. The predicted octanol–water partition coefficient (Wildman–Crippen LogP) is 2.85. The first-order chi connectivity index (χ1) is 9.65. The molecular formula is C17H29N3. The largest absolute Gasteiger partial charge is 0.316 e. The van der Waals surface area contributed by atoms with Gasteiger partial charge in [-0.15, -0.1) is 0 Å². The van der Waals surface area contributed by atoms with Gasteiger partial charge in [0.25, 0.3) is 0 Å². The molecule has 3 heteroatoms. The van der Waals surface area contributed by atoms with Crippen molar-refractivity contribution in [3.8, 4) is 0 Å². The van der Waals surface area contributed by atoms with Crippen LogP contribution in [0.25, 0.3) is 0 Å². The monoisotopic (exact) mass is 275 g/mol. The average Bonchev–Trinajstić information content (AvgIpc) is 2.43. The molecule has 1 aliphatic heterocycles. The number of hydrogen-bond acceptors (Lipinski definition) is 3. The maximum Gasteiger partial charge on any atom is 0.0573 e. The second-order valence-electron chi connectivity index (χ2n) is 6.54. The van der Waals surface area contributed by atoms with Crippen molar-refractivity contribution >= 4 is 0 Å². The Morgan fingerprint density at radius 1 is 1.35 bits per heavy atom. The third-order valence-corrected chi connectivity index (χ3v) is 4.18. The van der Waals surface area contributed by atoms with E-state index in [4.69, 9.17) is 0 Å². The fourth-order valence-corrected chi connectivity index (χ4v) is 2.82. The van der Waals surface area contributed by atoms with Crippen LogP contribution in [0.1, 0.15) is 37.9 Å². The van der Waals surface area contributed by atoms with Gasteiger partial charge in [0.05, 0.1) is 5.69 Å². The molecule has 3 nitrogen and oxygen atoms in total. The molecule has 0 spiro atoms. The molecular weight excluding hydrogens is 246 g/mol. The van der Waals surface area contributed by atoms with E-state index >= 15 is 0 Å². The second kappa shape index (κ2) is 7.75. The highest BCUT2D eigenvalue weighted by atomic mass is 15.1. The Hall–Kier alpha value is -0.930. The van der Waals surface area contributed by atoms with Gasteiger partial charge in [0, 0.05) is 12.7 Å². The highest BCUT2D eigenvalue weighted by Gasteiger charge is 2.19. The first kappa shape index (κ1) is 15.5. The van der Waals surface area contributed by atoms with E-state index < -0.39 is 0 Å². The number of piperidine rings is 1. The number of aromatic nitrogens is 1. The summed E-state index contributed by atoms with van der Waals surface area (Å²) < 4.78 is 0. The number of pyridine rings is 1. The molecule has 1 aliphatic rings. The number of hydrogen-bond donors (Lipinski definition) is 1. The van der Waals surface area contributed by atoms with Crippen molar-refractivity contribution in [3.63, 3.8) is 0 Å².